The molecule has 1 aromatic heterocycles. The Hall–Kier alpha value is -2.07. The maximum absolute atomic E-state index is 12.4. The highest BCUT2D eigenvalue weighted by atomic mass is 35.5. The molecular formula is C17H19ClN4O4S. The number of thiazole rings is 1. The molecule has 27 heavy (non-hydrogen) atoms. The second-order valence-corrected chi connectivity index (χ2v) is 7.74. The van der Waals surface area contributed by atoms with Crippen LogP contribution in [-0.2, 0) is 11.3 Å². The average Bonchev–Trinajstić information content (AvgIpc) is 3.00. The zero-order valence-electron chi connectivity index (χ0n) is 14.8. The third kappa shape index (κ3) is 5.01. The molecule has 1 aliphatic rings. The van der Waals surface area contributed by atoms with Gasteiger partial charge in [0.15, 0.2) is 5.13 Å². The summed E-state index contributed by atoms with van der Waals surface area (Å²) in [5.41, 5.74) is 0.864. The van der Waals surface area contributed by atoms with E-state index in [1.807, 2.05) is 19.2 Å². The van der Waals surface area contributed by atoms with Crippen LogP contribution in [0, 0.1) is 10.1 Å². The van der Waals surface area contributed by atoms with Crippen LogP contribution < -0.4 is 5.32 Å². The van der Waals surface area contributed by atoms with Gasteiger partial charge in [-0.2, -0.15) is 0 Å². The van der Waals surface area contributed by atoms with Gasteiger partial charge in [0.05, 0.1) is 33.4 Å². The Morgan fingerprint density at radius 2 is 2.15 bits per heavy atom. The van der Waals surface area contributed by atoms with Gasteiger partial charge in [-0.05, 0) is 19.9 Å². The smallest absolute Gasteiger partial charge is 0.270 e. The largest absolute Gasteiger partial charge is 0.373 e. The van der Waals surface area contributed by atoms with Crippen molar-refractivity contribution >= 4 is 39.7 Å². The number of hydrogen-bond acceptors (Lipinski definition) is 7. The number of non-ortho nitro benzene ring substituents is 1. The van der Waals surface area contributed by atoms with Crippen molar-refractivity contribution in [3.8, 4) is 0 Å². The van der Waals surface area contributed by atoms with Crippen LogP contribution in [0.3, 0.4) is 0 Å². The lowest BCUT2D eigenvalue weighted by atomic mass is 10.2. The fourth-order valence-electron chi connectivity index (χ4n) is 3.05. The number of amides is 1. The Labute approximate surface area is 165 Å². The van der Waals surface area contributed by atoms with E-state index >= 15 is 0 Å². The number of nitrogens with one attached hydrogen (secondary N) is 1. The van der Waals surface area contributed by atoms with Gasteiger partial charge >= 0.3 is 0 Å². The fraction of sp³-hybridized carbons (Fsp3) is 0.412. The number of nitro benzene ring substituents is 1. The van der Waals surface area contributed by atoms with Gasteiger partial charge in [-0.1, -0.05) is 11.6 Å². The lowest BCUT2D eigenvalue weighted by molar-refractivity contribution is -0.384. The molecule has 1 fully saturated rings. The highest BCUT2D eigenvalue weighted by molar-refractivity contribution is 7.14. The summed E-state index contributed by atoms with van der Waals surface area (Å²) < 4.78 is 5.72. The molecule has 2 aromatic rings. The van der Waals surface area contributed by atoms with Gasteiger partial charge in [0.1, 0.15) is 0 Å². The monoisotopic (exact) mass is 410 g/mol. The Balaban J connectivity index is 1.63. The topological polar surface area (TPSA) is 97.6 Å². The number of morpholine rings is 1. The summed E-state index contributed by atoms with van der Waals surface area (Å²) in [6.45, 7) is 6.44. The Morgan fingerprint density at radius 3 is 2.78 bits per heavy atom. The Morgan fingerprint density at radius 1 is 1.44 bits per heavy atom. The van der Waals surface area contributed by atoms with E-state index < -0.39 is 10.8 Å². The number of ether oxygens (including phenoxy) is 1. The lowest BCUT2D eigenvalue weighted by Crippen LogP contribution is -2.44. The van der Waals surface area contributed by atoms with Crippen LogP contribution in [0.4, 0.5) is 10.8 Å². The minimum absolute atomic E-state index is 0.0229. The molecule has 2 heterocycles. The molecule has 1 aromatic carbocycles. The normalized spacial score (nSPS) is 20.4. The van der Waals surface area contributed by atoms with E-state index in [2.05, 4.69) is 15.2 Å². The second-order valence-electron chi connectivity index (χ2n) is 6.47. The third-order valence-corrected chi connectivity index (χ3v) is 5.18. The summed E-state index contributed by atoms with van der Waals surface area (Å²) >= 11 is 7.32. The van der Waals surface area contributed by atoms with E-state index in [-0.39, 0.29) is 28.5 Å². The van der Waals surface area contributed by atoms with Gasteiger partial charge in [-0.3, -0.25) is 25.1 Å². The van der Waals surface area contributed by atoms with E-state index in [0.717, 1.165) is 24.8 Å². The zero-order chi connectivity index (χ0) is 19.6. The van der Waals surface area contributed by atoms with Gasteiger partial charge in [-0.15, -0.1) is 11.3 Å². The van der Waals surface area contributed by atoms with E-state index in [4.69, 9.17) is 16.3 Å². The fourth-order valence-corrected chi connectivity index (χ4v) is 4.00. The van der Waals surface area contributed by atoms with Crippen molar-refractivity contribution in [1.29, 1.82) is 0 Å². The Kier molecular flexibility index (Phi) is 6.05. The number of halogens is 1. The summed E-state index contributed by atoms with van der Waals surface area (Å²) in [5.74, 6) is -0.454. The molecule has 3 rings (SSSR count). The minimum Gasteiger partial charge on any atom is -0.373 e. The van der Waals surface area contributed by atoms with Crippen LogP contribution >= 0.6 is 22.9 Å². The Bertz CT molecular complexity index is 849. The third-order valence-electron chi connectivity index (χ3n) is 4.06. The van der Waals surface area contributed by atoms with Crippen LogP contribution in [-0.4, -0.2) is 46.0 Å². The van der Waals surface area contributed by atoms with Gasteiger partial charge in [0.25, 0.3) is 11.6 Å². The molecule has 0 saturated carbocycles. The quantitative estimate of drug-likeness (QED) is 0.597. The molecule has 0 aliphatic carbocycles. The molecule has 144 valence electrons. The molecule has 10 heteroatoms. The predicted molar refractivity (Wildman–Crippen MR) is 103 cm³/mol. The molecule has 8 nitrogen and oxygen atoms in total. The first-order valence-electron chi connectivity index (χ1n) is 8.39. The maximum atomic E-state index is 12.4. The summed E-state index contributed by atoms with van der Waals surface area (Å²) in [6.07, 6.45) is 0.353. The van der Waals surface area contributed by atoms with Gasteiger partial charge in [-0.25, -0.2) is 4.98 Å². The number of anilines is 1. The number of benzene rings is 1. The van der Waals surface area contributed by atoms with Crippen molar-refractivity contribution in [2.75, 3.05) is 18.4 Å². The summed E-state index contributed by atoms with van der Waals surface area (Å²) in [5, 5.41) is 15.8. The molecule has 0 bridgehead atoms. The molecule has 0 spiro atoms. The van der Waals surface area contributed by atoms with Crippen molar-refractivity contribution in [3.05, 3.63) is 50.0 Å². The lowest BCUT2D eigenvalue weighted by Gasteiger charge is -2.34. The first-order chi connectivity index (χ1) is 12.8. The summed E-state index contributed by atoms with van der Waals surface area (Å²) in [4.78, 5) is 29.3. The number of carbonyl (C=O) groups is 1. The number of nitro groups is 1. The zero-order valence-corrected chi connectivity index (χ0v) is 16.4. The van der Waals surface area contributed by atoms with Crippen molar-refractivity contribution < 1.29 is 14.5 Å². The predicted octanol–water partition coefficient (Wildman–Crippen LogP) is 3.57. The van der Waals surface area contributed by atoms with E-state index in [1.54, 1.807) is 0 Å². The van der Waals surface area contributed by atoms with Crippen molar-refractivity contribution in [2.24, 2.45) is 0 Å². The van der Waals surface area contributed by atoms with Crippen molar-refractivity contribution in [2.45, 2.75) is 32.6 Å². The van der Waals surface area contributed by atoms with Crippen LogP contribution in [0.15, 0.2) is 23.6 Å². The average molecular weight is 411 g/mol. The van der Waals surface area contributed by atoms with E-state index in [1.165, 1.54) is 23.5 Å². The molecule has 0 radical (unpaired) electrons. The number of nitrogens with zero attached hydrogens (tertiary/aromatic N) is 3. The van der Waals surface area contributed by atoms with Crippen LogP contribution in [0.25, 0.3) is 0 Å². The number of aromatic nitrogens is 1. The molecular weight excluding hydrogens is 392 g/mol. The molecule has 1 saturated heterocycles. The van der Waals surface area contributed by atoms with E-state index in [9.17, 15) is 14.9 Å². The van der Waals surface area contributed by atoms with Gasteiger partial charge in [0.2, 0.25) is 0 Å². The molecule has 2 atom stereocenters. The van der Waals surface area contributed by atoms with Crippen LogP contribution in [0.2, 0.25) is 5.02 Å². The highest BCUT2D eigenvalue weighted by Gasteiger charge is 2.23. The van der Waals surface area contributed by atoms with E-state index in [0.29, 0.717) is 11.7 Å². The van der Waals surface area contributed by atoms with Crippen LogP contribution in [0.1, 0.15) is 29.9 Å². The molecule has 1 N–H and O–H groups in total. The SMILES string of the molecule is C[C@@H]1CN(Cc2csc(NC(=O)c3ccc([N+](=O)[O-])cc3Cl)n2)C[C@@H](C)O1. The molecule has 0 unspecified atom stereocenters. The standard InChI is InChI=1S/C17H19ClN4O4S/c1-10-6-21(7-11(2)26-10)8-12-9-27-17(19-12)20-16(23)14-4-3-13(22(24)25)5-15(14)18/h3-5,9-11H,6-8H2,1-2H3,(H,19,20,23)/t10-,11-/m1/s1. The number of rotatable bonds is 5. The van der Waals surface area contributed by atoms with Crippen molar-refractivity contribution in [1.82, 2.24) is 9.88 Å². The second kappa shape index (κ2) is 8.30. The molecule has 1 amide bonds. The van der Waals surface area contributed by atoms with Gasteiger partial charge < -0.3 is 4.74 Å². The number of hydrogen-bond donors (Lipinski definition) is 1. The highest BCUT2D eigenvalue weighted by Crippen LogP contribution is 2.25. The summed E-state index contributed by atoms with van der Waals surface area (Å²) in [7, 11) is 0. The minimum atomic E-state index is -0.561. The maximum Gasteiger partial charge on any atom is 0.270 e. The summed E-state index contributed by atoms with van der Waals surface area (Å²) in [6, 6.07) is 3.74. The van der Waals surface area contributed by atoms with Crippen LogP contribution in [0.5, 0.6) is 0 Å². The van der Waals surface area contributed by atoms with Gasteiger partial charge in [0, 0.05) is 37.1 Å². The van der Waals surface area contributed by atoms with Crippen molar-refractivity contribution in [3.63, 3.8) is 0 Å². The number of carbonyl (C=O) groups excluding carboxylic acids is 1. The first kappa shape index (κ1) is 19.7. The first-order valence-corrected chi connectivity index (χ1v) is 9.65. The molecule has 1 aliphatic heterocycles.